The minimum absolute atomic E-state index is 0.0628. The molecule has 0 saturated carbocycles. The topological polar surface area (TPSA) is 81.2 Å². The Hall–Kier alpha value is -2.21. The molecule has 0 aliphatic rings. The first-order valence-corrected chi connectivity index (χ1v) is 6.80. The second-order valence-corrected chi connectivity index (χ2v) is 5.85. The molecule has 0 amide bonds. The van der Waals surface area contributed by atoms with Crippen LogP contribution in [0.25, 0.3) is 11.3 Å². The van der Waals surface area contributed by atoms with Gasteiger partial charge in [0.25, 0.3) is 5.69 Å². The zero-order valence-electron chi connectivity index (χ0n) is 12.4. The standard InChI is InChI=1S/C15H19N3O3/c1-15(2,3)17-9-8-14-16-10-13(21-14)11-4-6-12(7-5-11)18(19)20/h4-7,10,17H,8-9H2,1-3H3. The summed E-state index contributed by atoms with van der Waals surface area (Å²) in [7, 11) is 0. The van der Waals surface area contributed by atoms with Crippen molar-refractivity contribution in [3.05, 3.63) is 46.5 Å². The van der Waals surface area contributed by atoms with Crippen molar-refractivity contribution in [2.24, 2.45) is 0 Å². The molecule has 0 spiro atoms. The van der Waals surface area contributed by atoms with Crippen molar-refractivity contribution in [1.82, 2.24) is 10.3 Å². The van der Waals surface area contributed by atoms with E-state index in [1.165, 1.54) is 12.1 Å². The molecule has 1 aromatic carbocycles. The molecule has 2 aromatic rings. The number of benzene rings is 1. The van der Waals surface area contributed by atoms with Crippen molar-refractivity contribution >= 4 is 5.69 Å². The molecule has 1 heterocycles. The number of nitrogens with one attached hydrogen (secondary N) is 1. The van der Waals surface area contributed by atoms with E-state index in [0.717, 1.165) is 12.1 Å². The van der Waals surface area contributed by atoms with Gasteiger partial charge in [-0.15, -0.1) is 0 Å². The lowest BCUT2D eigenvalue weighted by Crippen LogP contribution is -2.37. The van der Waals surface area contributed by atoms with E-state index in [2.05, 4.69) is 31.1 Å². The van der Waals surface area contributed by atoms with E-state index < -0.39 is 4.92 Å². The Morgan fingerprint density at radius 3 is 2.52 bits per heavy atom. The van der Waals surface area contributed by atoms with Crippen LogP contribution in [0.2, 0.25) is 0 Å². The van der Waals surface area contributed by atoms with Gasteiger partial charge in [-0.05, 0) is 32.9 Å². The maximum atomic E-state index is 10.6. The van der Waals surface area contributed by atoms with Gasteiger partial charge in [-0.3, -0.25) is 10.1 Å². The molecule has 1 N–H and O–H groups in total. The minimum Gasteiger partial charge on any atom is -0.441 e. The van der Waals surface area contributed by atoms with Crippen molar-refractivity contribution in [3.63, 3.8) is 0 Å². The Labute approximate surface area is 123 Å². The van der Waals surface area contributed by atoms with E-state index in [1.54, 1.807) is 18.3 Å². The average Bonchev–Trinajstić information content (AvgIpc) is 2.86. The second kappa shape index (κ2) is 6.05. The van der Waals surface area contributed by atoms with E-state index >= 15 is 0 Å². The Kier molecular flexibility index (Phi) is 4.37. The number of hydrogen-bond acceptors (Lipinski definition) is 5. The highest BCUT2D eigenvalue weighted by Crippen LogP contribution is 2.23. The molecular formula is C15H19N3O3. The number of rotatable bonds is 5. The first-order valence-electron chi connectivity index (χ1n) is 6.80. The van der Waals surface area contributed by atoms with E-state index in [4.69, 9.17) is 4.42 Å². The van der Waals surface area contributed by atoms with Crippen LogP contribution in [0.5, 0.6) is 0 Å². The number of hydrogen-bond donors (Lipinski definition) is 1. The smallest absolute Gasteiger partial charge is 0.269 e. The molecule has 0 radical (unpaired) electrons. The van der Waals surface area contributed by atoms with Crippen molar-refractivity contribution in [2.75, 3.05) is 6.54 Å². The molecule has 0 saturated heterocycles. The lowest BCUT2D eigenvalue weighted by molar-refractivity contribution is -0.384. The average molecular weight is 289 g/mol. The van der Waals surface area contributed by atoms with Gasteiger partial charge in [0.2, 0.25) is 0 Å². The molecule has 0 aliphatic carbocycles. The van der Waals surface area contributed by atoms with Gasteiger partial charge in [-0.25, -0.2) is 4.98 Å². The Morgan fingerprint density at radius 2 is 1.95 bits per heavy atom. The van der Waals surface area contributed by atoms with Crippen molar-refractivity contribution in [2.45, 2.75) is 32.7 Å². The summed E-state index contributed by atoms with van der Waals surface area (Å²) in [6.07, 6.45) is 2.35. The van der Waals surface area contributed by atoms with Crippen molar-refractivity contribution < 1.29 is 9.34 Å². The number of nitro groups is 1. The molecule has 112 valence electrons. The van der Waals surface area contributed by atoms with Crippen molar-refractivity contribution in [3.8, 4) is 11.3 Å². The third kappa shape index (κ3) is 4.39. The molecule has 21 heavy (non-hydrogen) atoms. The fourth-order valence-corrected chi connectivity index (χ4v) is 1.85. The van der Waals surface area contributed by atoms with Gasteiger partial charge in [-0.1, -0.05) is 0 Å². The summed E-state index contributed by atoms with van der Waals surface area (Å²) in [5.41, 5.74) is 0.907. The van der Waals surface area contributed by atoms with Gasteiger partial charge in [0.1, 0.15) is 0 Å². The molecular weight excluding hydrogens is 270 g/mol. The predicted molar refractivity (Wildman–Crippen MR) is 80.1 cm³/mol. The first-order chi connectivity index (χ1) is 9.85. The number of non-ortho nitro benzene ring substituents is 1. The summed E-state index contributed by atoms with van der Waals surface area (Å²) in [5, 5.41) is 14.0. The normalized spacial score (nSPS) is 11.6. The van der Waals surface area contributed by atoms with Crippen LogP contribution in [-0.2, 0) is 6.42 Å². The van der Waals surface area contributed by atoms with Crippen molar-refractivity contribution in [1.29, 1.82) is 0 Å². The summed E-state index contributed by atoms with van der Waals surface area (Å²) in [5.74, 6) is 1.27. The van der Waals surface area contributed by atoms with Gasteiger partial charge in [-0.2, -0.15) is 0 Å². The van der Waals surface area contributed by atoms with Gasteiger partial charge in [0.05, 0.1) is 11.1 Å². The summed E-state index contributed by atoms with van der Waals surface area (Å²) < 4.78 is 5.66. The lowest BCUT2D eigenvalue weighted by atomic mass is 10.1. The predicted octanol–water partition coefficient (Wildman–Crippen LogP) is 3.18. The van der Waals surface area contributed by atoms with Gasteiger partial charge in [0, 0.05) is 36.2 Å². The largest absolute Gasteiger partial charge is 0.441 e. The summed E-state index contributed by atoms with van der Waals surface area (Å²) >= 11 is 0. The zero-order valence-corrected chi connectivity index (χ0v) is 12.4. The monoisotopic (exact) mass is 289 g/mol. The van der Waals surface area contributed by atoms with Crippen LogP contribution in [0.15, 0.2) is 34.9 Å². The molecule has 6 heteroatoms. The number of nitro benzene ring substituents is 1. The van der Waals surface area contributed by atoms with Gasteiger partial charge in [0.15, 0.2) is 11.7 Å². The molecule has 0 unspecified atom stereocenters. The second-order valence-electron chi connectivity index (χ2n) is 5.85. The molecule has 0 aliphatic heterocycles. The number of aromatic nitrogens is 1. The summed E-state index contributed by atoms with van der Waals surface area (Å²) in [6.45, 7) is 7.09. The van der Waals surface area contributed by atoms with E-state index in [1.807, 2.05) is 0 Å². The van der Waals surface area contributed by atoms with Crippen LogP contribution in [0.3, 0.4) is 0 Å². The fourth-order valence-electron chi connectivity index (χ4n) is 1.85. The highest BCUT2D eigenvalue weighted by molar-refractivity contribution is 5.58. The third-order valence-electron chi connectivity index (χ3n) is 2.91. The number of nitrogens with zero attached hydrogens (tertiary/aromatic N) is 2. The maximum Gasteiger partial charge on any atom is 0.269 e. The first kappa shape index (κ1) is 15.2. The summed E-state index contributed by atoms with van der Waals surface area (Å²) in [6, 6.07) is 6.24. The molecule has 0 atom stereocenters. The van der Waals surface area contributed by atoms with E-state index in [-0.39, 0.29) is 11.2 Å². The minimum atomic E-state index is -0.423. The molecule has 6 nitrogen and oxygen atoms in total. The van der Waals surface area contributed by atoms with Crippen LogP contribution in [0, 0.1) is 10.1 Å². The van der Waals surface area contributed by atoms with E-state index in [0.29, 0.717) is 18.1 Å². The number of oxazole rings is 1. The van der Waals surface area contributed by atoms with Crippen LogP contribution in [-0.4, -0.2) is 22.0 Å². The van der Waals surface area contributed by atoms with Crippen LogP contribution in [0.1, 0.15) is 26.7 Å². The third-order valence-corrected chi connectivity index (χ3v) is 2.91. The fraction of sp³-hybridized carbons (Fsp3) is 0.400. The highest BCUT2D eigenvalue weighted by Gasteiger charge is 2.11. The zero-order chi connectivity index (χ0) is 15.5. The quantitative estimate of drug-likeness (QED) is 0.675. The SMILES string of the molecule is CC(C)(C)NCCc1ncc(-c2ccc([N+](=O)[O-])cc2)o1. The van der Waals surface area contributed by atoms with Crippen LogP contribution in [0.4, 0.5) is 5.69 Å². The Morgan fingerprint density at radius 1 is 1.29 bits per heavy atom. The molecule has 2 rings (SSSR count). The molecule has 0 bridgehead atoms. The van der Waals surface area contributed by atoms with Gasteiger partial charge < -0.3 is 9.73 Å². The van der Waals surface area contributed by atoms with E-state index in [9.17, 15) is 10.1 Å². The van der Waals surface area contributed by atoms with Gasteiger partial charge >= 0.3 is 0 Å². The Bertz CT molecular complexity index is 612. The maximum absolute atomic E-state index is 10.6. The van der Waals surface area contributed by atoms with Crippen LogP contribution >= 0.6 is 0 Å². The Balaban J connectivity index is 2.00. The molecule has 0 fully saturated rings. The lowest BCUT2D eigenvalue weighted by Gasteiger charge is -2.19. The van der Waals surface area contributed by atoms with Crippen LogP contribution < -0.4 is 5.32 Å². The molecule has 1 aromatic heterocycles. The summed E-state index contributed by atoms with van der Waals surface area (Å²) in [4.78, 5) is 14.4. The highest BCUT2D eigenvalue weighted by atomic mass is 16.6.